The van der Waals surface area contributed by atoms with E-state index in [-0.39, 0.29) is 5.54 Å². The summed E-state index contributed by atoms with van der Waals surface area (Å²) in [5.74, 6) is 0. The average Bonchev–Trinajstić information content (AvgIpc) is 2.87. The molecule has 1 N–H and O–H groups in total. The van der Waals surface area contributed by atoms with Crippen molar-refractivity contribution >= 4 is 11.6 Å². The van der Waals surface area contributed by atoms with Gasteiger partial charge in [0.15, 0.2) is 0 Å². The van der Waals surface area contributed by atoms with Crippen LogP contribution in [-0.2, 0) is 5.54 Å². The minimum Gasteiger partial charge on any atom is -0.308 e. The van der Waals surface area contributed by atoms with Crippen LogP contribution in [0, 0.1) is 0 Å². The SMILES string of the molecule is CCNC1(c2ccccc2Cl)CC1. The van der Waals surface area contributed by atoms with E-state index in [1.807, 2.05) is 12.1 Å². The third-order valence-electron chi connectivity index (χ3n) is 2.65. The molecule has 1 aliphatic rings. The van der Waals surface area contributed by atoms with Gasteiger partial charge in [-0.05, 0) is 31.0 Å². The zero-order valence-electron chi connectivity index (χ0n) is 7.81. The summed E-state index contributed by atoms with van der Waals surface area (Å²) in [6.45, 7) is 3.14. The molecule has 0 spiro atoms. The van der Waals surface area contributed by atoms with E-state index in [1.54, 1.807) is 0 Å². The lowest BCUT2D eigenvalue weighted by atomic mass is 10.1. The van der Waals surface area contributed by atoms with Gasteiger partial charge in [0.25, 0.3) is 0 Å². The van der Waals surface area contributed by atoms with Crippen molar-refractivity contribution in [2.45, 2.75) is 25.3 Å². The average molecular weight is 196 g/mol. The van der Waals surface area contributed by atoms with E-state index < -0.39 is 0 Å². The summed E-state index contributed by atoms with van der Waals surface area (Å²) in [6, 6.07) is 8.12. The van der Waals surface area contributed by atoms with Gasteiger partial charge in [0, 0.05) is 10.6 Å². The Labute approximate surface area is 84.1 Å². The molecule has 1 aliphatic carbocycles. The van der Waals surface area contributed by atoms with Crippen LogP contribution in [0.3, 0.4) is 0 Å². The zero-order chi connectivity index (χ0) is 9.31. The number of rotatable bonds is 3. The molecule has 0 bridgehead atoms. The van der Waals surface area contributed by atoms with E-state index >= 15 is 0 Å². The molecule has 1 fully saturated rings. The van der Waals surface area contributed by atoms with Crippen LogP contribution in [0.2, 0.25) is 5.02 Å². The Bertz CT molecular complexity index is 305. The second-order valence-corrected chi connectivity index (χ2v) is 4.00. The van der Waals surface area contributed by atoms with Gasteiger partial charge in [-0.3, -0.25) is 0 Å². The first kappa shape index (κ1) is 9.04. The van der Waals surface area contributed by atoms with Crippen molar-refractivity contribution in [2.24, 2.45) is 0 Å². The summed E-state index contributed by atoms with van der Waals surface area (Å²) in [4.78, 5) is 0. The van der Waals surface area contributed by atoms with Gasteiger partial charge in [0.05, 0.1) is 0 Å². The smallest absolute Gasteiger partial charge is 0.0456 e. The lowest BCUT2D eigenvalue weighted by Gasteiger charge is -2.17. The Morgan fingerprint density at radius 1 is 1.38 bits per heavy atom. The summed E-state index contributed by atoms with van der Waals surface area (Å²) in [6.07, 6.45) is 2.43. The molecule has 1 aromatic rings. The first-order valence-electron chi connectivity index (χ1n) is 4.78. The first-order valence-corrected chi connectivity index (χ1v) is 5.16. The molecule has 0 radical (unpaired) electrons. The Balaban J connectivity index is 2.30. The molecule has 2 rings (SSSR count). The molecular weight excluding hydrogens is 182 g/mol. The molecule has 0 aliphatic heterocycles. The molecule has 0 saturated heterocycles. The Morgan fingerprint density at radius 3 is 2.62 bits per heavy atom. The Kier molecular flexibility index (Phi) is 2.31. The minimum atomic E-state index is 0.201. The van der Waals surface area contributed by atoms with Crippen LogP contribution >= 0.6 is 11.6 Å². The van der Waals surface area contributed by atoms with Gasteiger partial charge >= 0.3 is 0 Å². The number of hydrogen-bond donors (Lipinski definition) is 1. The summed E-state index contributed by atoms with van der Waals surface area (Å²) < 4.78 is 0. The second-order valence-electron chi connectivity index (χ2n) is 3.59. The number of halogens is 1. The van der Waals surface area contributed by atoms with Crippen LogP contribution < -0.4 is 5.32 Å². The summed E-state index contributed by atoms with van der Waals surface area (Å²) in [7, 11) is 0. The minimum absolute atomic E-state index is 0.201. The number of benzene rings is 1. The summed E-state index contributed by atoms with van der Waals surface area (Å²) in [5, 5.41) is 4.40. The molecule has 13 heavy (non-hydrogen) atoms. The fraction of sp³-hybridized carbons (Fsp3) is 0.455. The monoisotopic (exact) mass is 195 g/mol. The Hall–Kier alpha value is -0.530. The zero-order valence-corrected chi connectivity index (χ0v) is 8.56. The molecule has 1 aromatic carbocycles. The molecule has 0 aromatic heterocycles. The van der Waals surface area contributed by atoms with Gasteiger partial charge in [0.1, 0.15) is 0 Å². The van der Waals surface area contributed by atoms with Crippen LogP contribution in [0.4, 0.5) is 0 Å². The molecule has 1 saturated carbocycles. The third kappa shape index (κ3) is 1.59. The van der Waals surface area contributed by atoms with Gasteiger partial charge in [-0.15, -0.1) is 0 Å². The van der Waals surface area contributed by atoms with Crippen LogP contribution in [-0.4, -0.2) is 6.54 Å². The molecule has 0 heterocycles. The maximum Gasteiger partial charge on any atom is 0.0456 e. The standard InChI is InChI=1S/C11H14ClN/c1-2-13-11(7-8-11)9-5-3-4-6-10(9)12/h3-6,13H,2,7-8H2,1H3. The van der Waals surface area contributed by atoms with Crippen LogP contribution in [0.25, 0.3) is 0 Å². The van der Waals surface area contributed by atoms with Gasteiger partial charge in [0.2, 0.25) is 0 Å². The molecule has 0 atom stereocenters. The van der Waals surface area contributed by atoms with Gasteiger partial charge in [-0.1, -0.05) is 36.7 Å². The number of nitrogens with one attached hydrogen (secondary N) is 1. The van der Waals surface area contributed by atoms with Crippen molar-refractivity contribution in [2.75, 3.05) is 6.54 Å². The van der Waals surface area contributed by atoms with Crippen LogP contribution in [0.5, 0.6) is 0 Å². The highest BCUT2D eigenvalue weighted by Crippen LogP contribution is 2.47. The van der Waals surface area contributed by atoms with Crippen molar-refractivity contribution in [1.29, 1.82) is 0 Å². The summed E-state index contributed by atoms with van der Waals surface area (Å²) >= 11 is 6.14. The van der Waals surface area contributed by atoms with Crippen LogP contribution in [0.15, 0.2) is 24.3 Å². The highest BCUT2D eigenvalue weighted by molar-refractivity contribution is 6.31. The van der Waals surface area contributed by atoms with E-state index in [1.165, 1.54) is 18.4 Å². The van der Waals surface area contributed by atoms with Crippen LogP contribution in [0.1, 0.15) is 25.3 Å². The van der Waals surface area contributed by atoms with E-state index in [0.717, 1.165) is 11.6 Å². The topological polar surface area (TPSA) is 12.0 Å². The van der Waals surface area contributed by atoms with E-state index in [2.05, 4.69) is 24.4 Å². The molecule has 0 unspecified atom stereocenters. The molecule has 0 amide bonds. The molecule has 2 heteroatoms. The van der Waals surface area contributed by atoms with Crippen molar-refractivity contribution in [3.8, 4) is 0 Å². The largest absolute Gasteiger partial charge is 0.308 e. The van der Waals surface area contributed by atoms with E-state index in [9.17, 15) is 0 Å². The van der Waals surface area contributed by atoms with Crippen molar-refractivity contribution in [3.63, 3.8) is 0 Å². The maximum absolute atomic E-state index is 6.14. The number of hydrogen-bond acceptors (Lipinski definition) is 1. The summed E-state index contributed by atoms with van der Waals surface area (Å²) in [5.41, 5.74) is 1.46. The predicted octanol–water partition coefficient (Wildman–Crippen LogP) is 2.94. The third-order valence-corrected chi connectivity index (χ3v) is 2.98. The van der Waals surface area contributed by atoms with Crippen molar-refractivity contribution in [1.82, 2.24) is 5.32 Å². The van der Waals surface area contributed by atoms with E-state index in [0.29, 0.717) is 0 Å². The second kappa shape index (κ2) is 3.32. The fourth-order valence-electron chi connectivity index (χ4n) is 1.85. The van der Waals surface area contributed by atoms with Crippen molar-refractivity contribution < 1.29 is 0 Å². The van der Waals surface area contributed by atoms with Gasteiger partial charge in [-0.2, -0.15) is 0 Å². The highest BCUT2D eigenvalue weighted by Gasteiger charge is 2.44. The molecule has 70 valence electrons. The quantitative estimate of drug-likeness (QED) is 0.782. The van der Waals surface area contributed by atoms with Gasteiger partial charge in [-0.25, -0.2) is 0 Å². The van der Waals surface area contributed by atoms with E-state index in [4.69, 9.17) is 11.6 Å². The predicted molar refractivity (Wildman–Crippen MR) is 56.0 cm³/mol. The first-order chi connectivity index (χ1) is 6.28. The Morgan fingerprint density at radius 2 is 2.08 bits per heavy atom. The normalized spacial score (nSPS) is 18.6. The molecular formula is C11H14ClN. The molecule has 1 nitrogen and oxygen atoms in total. The van der Waals surface area contributed by atoms with Gasteiger partial charge < -0.3 is 5.32 Å². The lowest BCUT2D eigenvalue weighted by Crippen LogP contribution is -2.28. The van der Waals surface area contributed by atoms with Crippen molar-refractivity contribution in [3.05, 3.63) is 34.9 Å². The lowest BCUT2D eigenvalue weighted by molar-refractivity contribution is 0.540. The maximum atomic E-state index is 6.14. The highest BCUT2D eigenvalue weighted by atomic mass is 35.5. The fourth-order valence-corrected chi connectivity index (χ4v) is 2.17.